The highest BCUT2D eigenvalue weighted by atomic mass is 79.9. The van der Waals surface area contributed by atoms with Crippen molar-refractivity contribution < 1.29 is 0 Å². The lowest BCUT2D eigenvalue weighted by molar-refractivity contribution is 0.645. The van der Waals surface area contributed by atoms with Gasteiger partial charge in [0, 0.05) is 26.3 Å². The van der Waals surface area contributed by atoms with Crippen LogP contribution in [0.2, 0.25) is 0 Å². The molecule has 0 saturated carbocycles. The number of benzene rings is 1. The first-order valence-corrected chi connectivity index (χ1v) is 7.50. The predicted molar refractivity (Wildman–Crippen MR) is 82.9 cm³/mol. The second kappa shape index (κ2) is 5.38. The number of fused-ring (bicyclic) bond motifs is 1. The Morgan fingerprint density at radius 3 is 2.84 bits per heavy atom. The number of hydrogen-bond acceptors (Lipinski definition) is 4. The highest BCUT2D eigenvalue weighted by Gasteiger charge is 2.15. The van der Waals surface area contributed by atoms with Gasteiger partial charge in [-0.15, -0.1) is 11.3 Å². The van der Waals surface area contributed by atoms with E-state index in [2.05, 4.69) is 44.5 Å². The van der Waals surface area contributed by atoms with Crippen LogP contribution in [-0.2, 0) is 0 Å². The summed E-state index contributed by atoms with van der Waals surface area (Å²) >= 11 is 5.13. The number of hydrogen-bond donors (Lipinski definition) is 2. The lowest BCUT2D eigenvalue weighted by atomic mass is 10.1. The first-order chi connectivity index (χ1) is 9.28. The van der Waals surface area contributed by atoms with Gasteiger partial charge in [-0.25, -0.2) is 5.43 Å². The molecule has 2 heterocycles. The monoisotopic (exact) mass is 333 g/mol. The summed E-state index contributed by atoms with van der Waals surface area (Å²) in [5.74, 6) is 5.70. The molecule has 0 radical (unpaired) electrons. The van der Waals surface area contributed by atoms with E-state index < -0.39 is 0 Å². The van der Waals surface area contributed by atoms with Gasteiger partial charge in [-0.1, -0.05) is 18.2 Å². The number of halogens is 1. The molecule has 0 spiro atoms. The van der Waals surface area contributed by atoms with Crippen molar-refractivity contribution in [2.24, 2.45) is 5.84 Å². The van der Waals surface area contributed by atoms with E-state index in [1.165, 1.54) is 0 Å². The third kappa shape index (κ3) is 2.55. The molecule has 5 heteroatoms. The molecule has 0 aliphatic rings. The van der Waals surface area contributed by atoms with Crippen LogP contribution in [0.25, 0.3) is 10.9 Å². The molecule has 19 heavy (non-hydrogen) atoms. The highest BCUT2D eigenvalue weighted by molar-refractivity contribution is 9.10. The van der Waals surface area contributed by atoms with Crippen molar-refractivity contribution in [1.29, 1.82) is 0 Å². The maximum atomic E-state index is 5.70. The SMILES string of the molecule is NNC(c1cnc2ccccc2c1)c1cc(Br)cs1. The Morgan fingerprint density at radius 2 is 2.11 bits per heavy atom. The number of pyridine rings is 1. The zero-order valence-electron chi connectivity index (χ0n) is 10.0. The maximum absolute atomic E-state index is 5.70. The van der Waals surface area contributed by atoms with Crippen molar-refractivity contribution in [1.82, 2.24) is 10.4 Å². The van der Waals surface area contributed by atoms with Gasteiger partial charge in [-0.05, 0) is 39.7 Å². The minimum absolute atomic E-state index is 0.0339. The molecule has 1 unspecified atom stereocenters. The Labute approximate surface area is 123 Å². The zero-order valence-corrected chi connectivity index (χ0v) is 12.4. The van der Waals surface area contributed by atoms with Gasteiger partial charge in [0.1, 0.15) is 0 Å². The van der Waals surface area contributed by atoms with Crippen LogP contribution in [0, 0.1) is 0 Å². The molecule has 96 valence electrons. The second-order valence-electron chi connectivity index (χ2n) is 4.23. The van der Waals surface area contributed by atoms with E-state index in [1.807, 2.05) is 29.8 Å². The number of nitrogens with two attached hydrogens (primary N) is 1. The summed E-state index contributed by atoms with van der Waals surface area (Å²) in [5, 5.41) is 3.17. The molecule has 0 aliphatic carbocycles. The largest absolute Gasteiger partial charge is 0.271 e. The van der Waals surface area contributed by atoms with Crippen LogP contribution in [0.15, 0.2) is 52.4 Å². The average Bonchev–Trinajstić information content (AvgIpc) is 2.86. The molecule has 3 rings (SSSR count). The number of para-hydroxylation sites is 1. The van der Waals surface area contributed by atoms with Crippen LogP contribution in [-0.4, -0.2) is 4.98 Å². The molecule has 0 fully saturated rings. The van der Waals surface area contributed by atoms with Crippen molar-refractivity contribution in [2.75, 3.05) is 0 Å². The average molecular weight is 334 g/mol. The molecule has 3 nitrogen and oxygen atoms in total. The van der Waals surface area contributed by atoms with Crippen molar-refractivity contribution >= 4 is 38.2 Å². The van der Waals surface area contributed by atoms with Crippen molar-refractivity contribution in [3.63, 3.8) is 0 Å². The molecule has 0 amide bonds. The summed E-state index contributed by atoms with van der Waals surface area (Å²) in [6.45, 7) is 0. The fourth-order valence-electron chi connectivity index (χ4n) is 2.07. The Morgan fingerprint density at radius 1 is 1.26 bits per heavy atom. The van der Waals surface area contributed by atoms with Gasteiger partial charge in [-0.3, -0.25) is 10.8 Å². The normalized spacial score (nSPS) is 12.7. The van der Waals surface area contributed by atoms with Gasteiger partial charge >= 0.3 is 0 Å². The van der Waals surface area contributed by atoms with E-state index >= 15 is 0 Å². The fraction of sp³-hybridized carbons (Fsp3) is 0.0714. The summed E-state index contributed by atoms with van der Waals surface area (Å²) in [5.41, 5.74) is 4.92. The van der Waals surface area contributed by atoms with E-state index in [0.29, 0.717) is 0 Å². The molecule has 3 N–H and O–H groups in total. The van der Waals surface area contributed by atoms with E-state index in [1.54, 1.807) is 11.3 Å². The number of thiophene rings is 1. The molecule has 1 aromatic carbocycles. The van der Waals surface area contributed by atoms with Gasteiger partial charge < -0.3 is 0 Å². The van der Waals surface area contributed by atoms with E-state index in [-0.39, 0.29) is 6.04 Å². The number of nitrogens with one attached hydrogen (secondary N) is 1. The van der Waals surface area contributed by atoms with Gasteiger partial charge in [-0.2, -0.15) is 0 Å². The quantitative estimate of drug-likeness (QED) is 0.568. The standard InChI is InChI=1S/C14H12BrN3S/c15-11-6-13(19-8-11)14(18-16)10-5-9-3-1-2-4-12(9)17-7-10/h1-8,14,18H,16H2. The van der Waals surface area contributed by atoms with E-state index in [9.17, 15) is 0 Å². The Balaban J connectivity index is 2.06. The minimum Gasteiger partial charge on any atom is -0.271 e. The van der Waals surface area contributed by atoms with Gasteiger partial charge in [0.2, 0.25) is 0 Å². The summed E-state index contributed by atoms with van der Waals surface area (Å²) in [4.78, 5) is 5.64. The molecule has 0 aliphatic heterocycles. The minimum atomic E-state index is -0.0339. The highest BCUT2D eigenvalue weighted by Crippen LogP contribution is 2.30. The predicted octanol–water partition coefficient (Wildman–Crippen LogP) is 3.61. The first kappa shape index (κ1) is 12.7. The third-order valence-electron chi connectivity index (χ3n) is 2.98. The van der Waals surface area contributed by atoms with Crippen molar-refractivity contribution in [3.05, 3.63) is 62.9 Å². The maximum Gasteiger partial charge on any atom is 0.0817 e. The summed E-state index contributed by atoms with van der Waals surface area (Å²) < 4.78 is 1.07. The van der Waals surface area contributed by atoms with Crippen molar-refractivity contribution in [3.8, 4) is 0 Å². The van der Waals surface area contributed by atoms with Crippen LogP contribution < -0.4 is 11.3 Å². The van der Waals surface area contributed by atoms with Crippen LogP contribution in [0.3, 0.4) is 0 Å². The van der Waals surface area contributed by atoms with Gasteiger partial charge in [0.05, 0.1) is 11.6 Å². The smallest absolute Gasteiger partial charge is 0.0817 e. The Bertz CT molecular complexity index is 710. The molecule has 0 saturated heterocycles. The molecule has 1 atom stereocenters. The number of nitrogens with zero attached hydrogens (tertiary/aromatic N) is 1. The van der Waals surface area contributed by atoms with E-state index in [4.69, 9.17) is 5.84 Å². The molecule has 3 aromatic rings. The molecule has 0 bridgehead atoms. The lowest BCUT2D eigenvalue weighted by Gasteiger charge is -2.14. The topological polar surface area (TPSA) is 50.9 Å². The summed E-state index contributed by atoms with van der Waals surface area (Å²) in [6.07, 6.45) is 1.88. The molecule has 2 aromatic heterocycles. The lowest BCUT2D eigenvalue weighted by Crippen LogP contribution is -2.28. The summed E-state index contributed by atoms with van der Waals surface area (Å²) in [6, 6.07) is 12.2. The summed E-state index contributed by atoms with van der Waals surface area (Å²) in [7, 11) is 0. The van der Waals surface area contributed by atoms with Crippen LogP contribution in [0.5, 0.6) is 0 Å². The number of hydrazine groups is 1. The van der Waals surface area contributed by atoms with Gasteiger partial charge in [0.25, 0.3) is 0 Å². The van der Waals surface area contributed by atoms with E-state index in [0.717, 1.165) is 25.8 Å². The van der Waals surface area contributed by atoms with Crippen molar-refractivity contribution in [2.45, 2.75) is 6.04 Å². The van der Waals surface area contributed by atoms with Gasteiger partial charge in [0.15, 0.2) is 0 Å². The molecular formula is C14H12BrN3S. The van der Waals surface area contributed by atoms with Crippen LogP contribution in [0.1, 0.15) is 16.5 Å². The zero-order chi connectivity index (χ0) is 13.2. The Kier molecular flexibility index (Phi) is 3.61. The number of rotatable bonds is 3. The third-order valence-corrected chi connectivity index (χ3v) is 4.74. The fourth-order valence-corrected chi connectivity index (χ4v) is 3.60. The first-order valence-electron chi connectivity index (χ1n) is 5.82. The van der Waals surface area contributed by atoms with Crippen LogP contribution >= 0.6 is 27.3 Å². The second-order valence-corrected chi connectivity index (χ2v) is 6.09. The van der Waals surface area contributed by atoms with Crippen LogP contribution in [0.4, 0.5) is 0 Å². The molecular weight excluding hydrogens is 322 g/mol. The number of aromatic nitrogens is 1. The Hall–Kier alpha value is -1.27.